The van der Waals surface area contributed by atoms with Crippen molar-refractivity contribution in [3.63, 3.8) is 0 Å². The van der Waals surface area contributed by atoms with Crippen LogP contribution in [0.25, 0.3) is 10.6 Å². The molecular weight excluding hydrogens is 388 g/mol. The Hall–Kier alpha value is -3.04. The number of nitrogens with zero attached hydrogens (tertiary/aromatic N) is 5. The van der Waals surface area contributed by atoms with Gasteiger partial charge in [-0.15, -0.1) is 11.3 Å². The number of rotatable bonds is 6. The van der Waals surface area contributed by atoms with E-state index in [1.165, 1.54) is 0 Å². The lowest BCUT2D eigenvalue weighted by molar-refractivity contribution is 0.100. The van der Waals surface area contributed by atoms with E-state index >= 15 is 0 Å². The molecule has 2 N–H and O–H groups in total. The number of aromatic nitrogens is 3. The molecule has 0 radical (unpaired) electrons. The van der Waals surface area contributed by atoms with Crippen LogP contribution in [0.5, 0.6) is 5.88 Å². The lowest BCUT2D eigenvalue weighted by Gasteiger charge is -2.34. The minimum atomic E-state index is -0.421. The molecule has 8 nitrogen and oxygen atoms in total. The van der Waals surface area contributed by atoms with Crippen molar-refractivity contribution < 1.29 is 9.53 Å². The summed E-state index contributed by atoms with van der Waals surface area (Å²) in [4.78, 5) is 29.2. The fraction of sp³-hybridized carbons (Fsp3) is 0.300. The Bertz CT molecular complexity index is 983. The maximum atomic E-state index is 11.2. The number of methoxy groups -OCH3 is 1. The molecule has 0 saturated carbocycles. The monoisotopic (exact) mass is 410 g/mol. The van der Waals surface area contributed by atoms with Crippen molar-refractivity contribution in [2.24, 2.45) is 5.73 Å². The first-order chi connectivity index (χ1) is 14.1. The zero-order valence-corrected chi connectivity index (χ0v) is 16.9. The van der Waals surface area contributed by atoms with E-state index in [-0.39, 0.29) is 0 Å². The third-order valence-electron chi connectivity index (χ3n) is 4.86. The van der Waals surface area contributed by atoms with Crippen LogP contribution < -0.4 is 15.4 Å². The van der Waals surface area contributed by atoms with E-state index in [2.05, 4.69) is 25.1 Å². The predicted molar refractivity (Wildman–Crippen MR) is 112 cm³/mol. The Morgan fingerprint density at radius 1 is 1.14 bits per heavy atom. The average molecular weight is 411 g/mol. The number of nitrogens with two attached hydrogens (primary N) is 1. The van der Waals surface area contributed by atoms with Gasteiger partial charge in [0.2, 0.25) is 11.8 Å². The summed E-state index contributed by atoms with van der Waals surface area (Å²) < 4.78 is 5.16. The van der Waals surface area contributed by atoms with Gasteiger partial charge in [-0.3, -0.25) is 14.7 Å². The van der Waals surface area contributed by atoms with Crippen LogP contribution in [0.3, 0.4) is 0 Å². The second kappa shape index (κ2) is 8.54. The molecule has 1 amide bonds. The summed E-state index contributed by atoms with van der Waals surface area (Å²) in [7, 11) is 1.60. The van der Waals surface area contributed by atoms with Gasteiger partial charge in [-0.1, -0.05) is 12.1 Å². The lowest BCUT2D eigenvalue weighted by Crippen LogP contribution is -2.46. The highest BCUT2D eigenvalue weighted by Gasteiger charge is 2.19. The number of ether oxygens (including phenoxy) is 1. The van der Waals surface area contributed by atoms with E-state index in [0.29, 0.717) is 11.4 Å². The van der Waals surface area contributed by atoms with Crippen molar-refractivity contribution in [1.82, 2.24) is 19.9 Å². The summed E-state index contributed by atoms with van der Waals surface area (Å²) in [6.45, 7) is 4.44. The van der Waals surface area contributed by atoms with Gasteiger partial charge < -0.3 is 15.4 Å². The summed E-state index contributed by atoms with van der Waals surface area (Å²) >= 11 is 1.61. The van der Waals surface area contributed by atoms with E-state index in [1.54, 1.807) is 43.0 Å². The van der Waals surface area contributed by atoms with Crippen LogP contribution in [-0.4, -0.2) is 59.0 Å². The molecule has 150 valence electrons. The van der Waals surface area contributed by atoms with Crippen LogP contribution in [0.4, 0.5) is 5.82 Å². The number of hydrogen-bond acceptors (Lipinski definition) is 8. The second-order valence-corrected chi connectivity index (χ2v) is 7.63. The summed E-state index contributed by atoms with van der Waals surface area (Å²) in [5.41, 5.74) is 7.85. The number of thiazole rings is 1. The number of primary amides is 1. The zero-order valence-electron chi connectivity index (χ0n) is 16.1. The van der Waals surface area contributed by atoms with Crippen LogP contribution in [-0.2, 0) is 6.54 Å². The highest BCUT2D eigenvalue weighted by atomic mass is 32.1. The molecular formula is C20H22N6O2S. The maximum Gasteiger partial charge on any atom is 0.248 e. The SMILES string of the molecule is COc1cncc(N2CCN(Cc3csc(-c4ccc(C(N)=O)cc4)n3)CC2)n1. The third kappa shape index (κ3) is 4.52. The largest absolute Gasteiger partial charge is 0.480 e. The number of carbonyl (C=O) groups is 1. The molecule has 4 rings (SSSR count). The Morgan fingerprint density at radius 3 is 2.59 bits per heavy atom. The standard InChI is InChI=1S/C20H22N6O2S/c1-28-18-11-22-10-17(24-18)26-8-6-25(7-9-26)12-16-13-29-20(23-16)15-4-2-14(3-5-15)19(21)27/h2-5,10-11,13H,6-9,12H2,1H3,(H2,21,27). The number of carbonyl (C=O) groups excluding carboxylic acids is 1. The molecule has 1 fully saturated rings. The molecule has 3 aromatic rings. The first-order valence-electron chi connectivity index (χ1n) is 9.30. The predicted octanol–water partition coefficient (Wildman–Crippen LogP) is 2.03. The topological polar surface area (TPSA) is 97.5 Å². The summed E-state index contributed by atoms with van der Waals surface area (Å²) in [6.07, 6.45) is 3.38. The number of hydrogen-bond donors (Lipinski definition) is 1. The lowest BCUT2D eigenvalue weighted by atomic mass is 10.1. The van der Waals surface area contributed by atoms with Crippen LogP contribution >= 0.6 is 11.3 Å². The van der Waals surface area contributed by atoms with E-state index < -0.39 is 5.91 Å². The van der Waals surface area contributed by atoms with Crippen molar-refractivity contribution in [2.75, 3.05) is 38.2 Å². The highest BCUT2D eigenvalue weighted by molar-refractivity contribution is 7.13. The molecule has 1 saturated heterocycles. The Labute approximate surface area is 173 Å². The van der Waals surface area contributed by atoms with Crippen molar-refractivity contribution in [3.05, 3.63) is 53.3 Å². The van der Waals surface area contributed by atoms with E-state index in [4.69, 9.17) is 15.5 Å². The number of amides is 1. The second-order valence-electron chi connectivity index (χ2n) is 6.77. The van der Waals surface area contributed by atoms with Gasteiger partial charge in [0, 0.05) is 49.2 Å². The van der Waals surface area contributed by atoms with Gasteiger partial charge in [-0.2, -0.15) is 4.98 Å². The third-order valence-corrected chi connectivity index (χ3v) is 5.80. The Kier molecular flexibility index (Phi) is 5.68. The van der Waals surface area contributed by atoms with Crippen LogP contribution in [0.2, 0.25) is 0 Å². The molecule has 9 heteroatoms. The first kappa shape index (κ1) is 19.3. The normalized spacial score (nSPS) is 14.7. The molecule has 2 aromatic heterocycles. The minimum absolute atomic E-state index is 0.421. The van der Waals surface area contributed by atoms with Gasteiger partial charge in [0.1, 0.15) is 5.01 Å². The number of anilines is 1. The molecule has 0 atom stereocenters. The fourth-order valence-corrected chi connectivity index (χ4v) is 4.06. The van der Waals surface area contributed by atoms with Gasteiger partial charge in [0.15, 0.2) is 5.82 Å². The van der Waals surface area contributed by atoms with Crippen molar-refractivity contribution in [3.8, 4) is 16.5 Å². The first-order valence-corrected chi connectivity index (χ1v) is 10.2. The Morgan fingerprint density at radius 2 is 1.90 bits per heavy atom. The minimum Gasteiger partial charge on any atom is -0.480 e. The Balaban J connectivity index is 1.34. The smallest absolute Gasteiger partial charge is 0.248 e. The number of piperazine rings is 1. The summed E-state index contributed by atoms with van der Waals surface area (Å²) in [6, 6.07) is 7.24. The molecule has 1 aliphatic rings. The molecule has 0 aliphatic carbocycles. The van der Waals surface area contributed by atoms with Crippen molar-refractivity contribution in [1.29, 1.82) is 0 Å². The molecule has 0 unspecified atom stereocenters. The van der Waals surface area contributed by atoms with E-state index in [9.17, 15) is 4.79 Å². The molecule has 1 aliphatic heterocycles. The molecule has 3 heterocycles. The van der Waals surface area contributed by atoms with Gasteiger partial charge in [0.05, 0.1) is 25.2 Å². The quantitative estimate of drug-likeness (QED) is 0.664. The van der Waals surface area contributed by atoms with Crippen molar-refractivity contribution >= 4 is 23.1 Å². The van der Waals surface area contributed by atoms with Crippen molar-refractivity contribution in [2.45, 2.75) is 6.54 Å². The average Bonchev–Trinajstić information content (AvgIpc) is 3.23. The van der Waals surface area contributed by atoms with E-state index in [0.717, 1.165) is 54.8 Å². The molecule has 0 spiro atoms. The van der Waals surface area contributed by atoms with Gasteiger partial charge in [-0.05, 0) is 12.1 Å². The van der Waals surface area contributed by atoms with Gasteiger partial charge in [-0.25, -0.2) is 4.98 Å². The number of benzene rings is 1. The molecule has 1 aromatic carbocycles. The van der Waals surface area contributed by atoms with Crippen LogP contribution in [0.15, 0.2) is 42.0 Å². The highest BCUT2D eigenvalue weighted by Crippen LogP contribution is 2.25. The molecule has 0 bridgehead atoms. The maximum absolute atomic E-state index is 11.2. The van der Waals surface area contributed by atoms with E-state index in [1.807, 2.05) is 12.1 Å². The van der Waals surface area contributed by atoms with Gasteiger partial charge in [0.25, 0.3) is 0 Å². The van der Waals surface area contributed by atoms with Gasteiger partial charge >= 0.3 is 0 Å². The fourth-order valence-electron chi connectivity index (χ4n) is 3.24. The zero-order chi connectivity index (χ0) is 20.2. The summed E-state index contributed by atoms with van der Waals surface area (Å²) in [5.74, 6) is 0.957. The molecule has 29 heavy (non-hydrogen) atoms. The summed E-state index contributed by atoms with van der Waals surface area (Å²) in [5, 5.41) is 3.04. The van der Waals surface area contributed by atoms with Crippen LogP contribution in [0.1, 0.15) is 16.1 Å². The van der Waals surface area contributed by atoms with Crippen LogP contribution in [0, 0.1) is 0 Å².